The average molecular weight is 405 g/mol. The fourth-order valence-corrected chi connectivity index (χ4v) is 3.01. The molecule has 30 heavy (non-hydrogen) atoms. The van der Waals surface area contributed by atoms with Crippen LogP contribution in [-0.2, 0) is 11.2 Å². The molecule has 1 heterocycles. The minimum atomic E-state index is -0.0937. The molecule has 2 aromatic carbocycles. The van der Waals surface area contributed by atoms with Crippen LogP contribution >= 0.6 is 0 Å². The predicted octanol–water partition coefficient (Wildman–Crippen LogP) is 2.89. The lowest BCUT2D eigenvalue weighted by molar-refractivity contribution is -0.723. The van der Waals surface area contributed by atoms with Crippen LogP contribution in [0.15, 0.2) is 68.0 Å². The van der Waals surface area contributed by atoms with Crippen molar-refractivity contribution in [3.05, 3.63) is 73.6 Å². The Balaban J connectivity index is 1.61. The second-order valence-electron chi connectivity index (χ2n) is 6.86. The summed E-state index contributed by atoms with van der Waals surface area (Å²) in [7, 11) is 0. The Bertz CT molecular complexity index is 1030. The highest BCUT2D eigenvalue weighted by molar-refractivity contribution is 5.76. The van der Waals surface area contributed by atoms with Crippen molar-refractivity contribution in [3.8, 4) is 11.4 Å². The van der Waals surface area contributed by atoms with E-state index in [1.165, 1.54) is 11.1 Å². The molecule has 0 bridgehead atoms. The zero-order valence-electron chi connectivity index (χ0n) is 16.7. The van der Waals surface area contributed by atoms with Crippen molar-refractivity contribution in [1.82, 2.24) is 20.3 Å². The van der Waals surface area contributed by atoms with Crippen LogP contribution in [0.1, 0.15) is 12.0 Å². The number of nitrogens with one attached hydrogen (secondary N) is 2. The predicted molar refractivity (Wildman–Crippen MR) is 116 cm³/mol. The Morgan fingerprint density at radius 3 is 2.43 bits per heavy atom. The molecule has 0 saturated heterocycles. The van der Waals surface area contributed by atoms with Crippen molar-refractivity contribution in [2.45, 2.75) is 12.8 Å². The van der Waals surface area contributed by atoms with E-state index in [9.17, 15) is 9.90 Å². The van der Waals surface area contributed by atoms with Gasteiger partial charge in [-0.05, 0) is 49.4 Å². The summed E-state index contributed by atoms with van der Waals surface area (Å²) in [5, 5.41) is 29.4. The van der Waals surface area contributed by atoms with Crippen LogP contribution < -0.4 is 5.32 Å². The minimum absolute atomic E-state index is 0.0677. The van der Waals surface area contributed by atoms with Crippen molar-refractivity contribution in [3.63, 3.8) is 0 Å². The van der Waals surface area contributed by atoms with E-state index in [2.05, 4.69) is 28.7 Å². The zero-order chi connectivity index (χ0) is 21.6. The van der Waals surface area contributed by atoms with Gasteiger partial charge in [0.15, 0.2) is 6.34 Å². The first kappa shape index (κ1) is 20.9. The van der Waals surface area contributed by atoms with Crippen LogP contribution in [0, 0.1) is 5.41 Å². The molecule has 1 aromatic heterocycles. The Hall–Kier alpha value is -3.78. The quantitative estimate of drug-likeness (QED) is 0.274. The number of benzene rings is 2. The maximum absolute atomic E-state index is 12.2. The molecule has 8 heteroatoms. The summed E-state index contributed by atoms with van der Waals surface area (Å²) in [6.07, 6.45) is 5.21. The standard InChI is InChI=1S/C22H24N6O2/c1-3-28(4-2,16-23)14-13-24-22(30)12-10-17-9-11-21(29)20(15-17)27-25-18-7-5-6-8-19(18)26-27/h3-9,11,15-16,23H,1-2,10,12-14H2,(H-,24,29,30)/p+1. The summed E-state index contributed by atoms with van der Waals surface area (Å²) in [6.45, 7) is 8.29. The van der Waals surface area contributed by atoms with Gasteiger partial charge in [0.05, 0.1) is 18.9 Å². The maximum Gasteiger partial charge on any atom is 0.220 e. The largest absolute Gasteiger partial charge is 0.506 e. The number of amides is 1. The van der Waals surface area contributed by atoms with Gasteiger partial charge >= 0.3 is 0 Å². The number of aryl methyl sites for hydroxylation is 1. The van der Waals surface area contributed by atoms with Crippen LogP contribution in [0.4, 0.5) is 0 Å². The zero-order valence-corrected chi connectivity index (χ0v) is 16.7. The number of nitrogens with zero attached hydrogens (tertiary/aromatic N) is 4. The summed E-state index contributed by atoms with van der Waals surface area (Å²) in [5.41, 5.74) is 2.83. The van der Waals surface area contributed by atoms with Crippen molar-refractivity contribution >= 4 is 23.3 Å². The summed E-state index contributed by atoms with van der Waals surface area (Å²) in [5.74, 6) is -0.0260. The highest BCUT2D eigenvalue weighted by atomic mass is 16.3. The van der Waals surface area contributed by atoms with E-state index in [0.29, 0.717) is 31.6 Å². The van der Waals surface area contributed by atoms with E-state index in [4.69, 9.17) is 5.41 Å². The molecule has 1 amide bonds. The molecule has 0 unspecified atom stereocenters. The van der Waals surface area contributed by atoms with Gasteiger partial charge in [-0.25, -0.2) is 4.48 Å². The van der Waals surface area contributed by atoms with Gasteiger partial charge in [-0.1, -0.05) is 18.2 Å². The van der Waals surface area contributed by atoms with E-state index in [-0.39, 0.29) is 16.1 Å². The van der Waals surface area contributed by atoms with Gasteiger partial charge < -0.3 is 10.4 Å². The molecule has 3 rings (SSSR count). The molecule has 0 saturated carbocycles. The molecule has 0 aliphatic heterocycles. The smallest absolute Gasteiger partial charge is 0.220 e. The Morgan fingerprint density at radius 2 is 1.83 bits per heavy atom. The molecular formula is C22H25N6O2+. The van der Waals surface area contributed by atoms with E-state index in [0.717, 1.165) is 16.6 Å². The number of carbonyl (C=O) groups is 1. The second-order valence-corrected chi connectivity index (χ2v) is 6.86. The van der Waals surface area contributed by atoms with E-state index < -0.39 is 0 Å². The fraction of sp³-hybridized carbons (Fsp3) is 0.182. The number of carbonyl (C=O) groups excluding carboxylic acids is 1. The third kappa shape index (κ3) is 4.61. The van der Waals surface area contributed by atoms with Crippen LogP contribution in [0.3, 0.4) is 0 Å². The topological polar surface area (TPSA) is 104 Å². The number of hydrogen-bond acceptors (Lipinski definition) is 5. The number of aromatic hydroxyl groups is 1. The lowest BCUT2D eigenvalue weighted by Crippen LogP contribution is -2.41. The maximum atomic E-state index is 12.2. The first-order valence-corrected chi connectivity index (χ1v) is 9.57. The van der Waals surface area contributed by atoms with Gasteiger partial charge in [0.1, 0.15) is 29.0 Å². The number of fused-ring (bicyclic) bond motifs is 1. The van der Waals surface area contributed by atoms with Crippen LogP contribution in [0.2, 0.25) is 0 Å². The summed E-state index contributed by atoms with van der Waals surface area (Å²) < 4.78 is 0.0901. The minimum Gasteiger partial charge on any atom is -0.506 e. The summed E-state index contributed by atoms with van der Waals surface area (Å²) >= 11 is 0. The van der Waals surface area contributed by atoms with E-state index in [1.807, 2.05) is 24.3 Å². The van der Waals surface area contributed by atoms with Gasteiger partial charge in [0.25, 0.3) is 0 Å². The number of rotatable bonds is 10. The van der Waals surface area contributed by atoms with E-state index >= 15 is 0 Å². The Labute approximate surface area is 174 Å². The molecule has 3 N–H and O–H groups in total. The Morgan fingerprint density at radius 1 is 1.17 bits per heavy atom. The number of phenols is 1. The lowest BCUT2D eigenvalue weighted by Gasteiger charge is -2.23. The van der Waals surface area contributed by atoms with Gasteiger partial charge in [-0.3, -0.25) is 10.2 Å². The number of hydrogen-bond donors (Lipinski definition) is 3. The molecule has 3 aromatic rings. The lowest BCUT2D eigenvalue weighted by atomic mass is 10.1. The molecule has 0 radical (unpaired) electrons. The molecule has 8 nitrogen and oxygen atoms in total. The first-order valence-electron chi connectivity index (χ1n) is 9.57. The first-order chi connectivity index (χ1) is 14.5. The molecule has 0 spiro atoms. The third-order valence-electron chi connectivity index (χ3n) is 4.92. The molecule has 0 aliphatic carbocycles. The van der Waals surface area contributed by atoms with Crippen molar-refractivity contribution in [1.29, 1.82) is 5.41 Å². The SMILES string of the molecule is C=C[N+](C=C)(C=N)CCNC(=O)CCc1ccc(O)c(-n2nc3ccccc3n2)c1. The summed E-state index contributed by atoms with van der Waals surface area (Å²) in [6, 6.07) is 12.6. The van der Waals surface area contributed by atoms with Crippen LogP contribution in [0.5, 0.6) is 5.75 Å². The average Bonchev–Trinajstić information content (AvgIpc) is 3.20. The van der Waals surface area contributed by atoms with Crippen LogP contribution in [0.25, 0.3) is 16.7 Å². The van der Waals surface area contributed by atoms with Crippen molar-refractivity contribution in [2.24, 2.45) is 0 Å². The Kier molecular flexibility index (Phi) is 6.38. The molecule has 0 aliphatic rings. The van der Waals surface area contributed by atoms with Gasteiger partial charge in [0.2, 0.25) is 5.91 Å². The van der Waals surface area contributed by atoms with E-state index in [1.54, 1.807) is 30.6 Å². The van der Waals surface area contributed by atoms with Gasteiger partial charge in [-0.2, -0.15) is 0 Å². The summed E-state index contributed by atoms with van der Waals surface area (Å²) in [4.78, 5) is 13.6. The number of quaternary nitrogens is 1. The van der Waals surface area contributed by atoms with Gasteiger partial charge in [0, 0.05) is 6.42 Å². The fourth-order valence-electron chi connectivity index (χ4n) is 3.01. The molecule has 154 valence electrons. The second kappa shape index (κ2) is 9.15. The monoisotopic (exact) mass is 405 g/mol. The van der Waals surface area contributed by atoms with Crippen molar-refractivity contribution < 1.29 is 14.4 Å². The highest BCUT2D eigenvalue weighted by Gasteiger charge is 2.17. The van der Waals surface area contributed by atoms with Gasteiger partial charge in [-0.15, -0.1) is 15.0 Å². The third-order valence-corrected chi connectivity index (χ3v) is 4.92. The van der Waals surface area contributed by atoms with Crippen molar-refractivity contribution in [2.75, 3.05) is 13.1 Å². The normalized spacial score (nSPS) is 11.2. The van der Waals surface area contributed by atoms with Crippen LogP contribution in [-0.4, -0.2) is 49.9 Å². The molecular weight excluding hydrogens is 380 g/mol. The molecule has 0 atom stereocenters. The molecule has 0 fully saturated rings. The number of aromatic nitrogens is 3. The number of phenolic OH excluding ortho intramolecular Hbond substituents is 1. The highest BCUT2D eigenvalue weighted by Crippen LogP contribution is 2.23.